The molecule has 0 amide bonds. The van der Waals surface area contributed by atoms with Gasteiger partial charge in [-0.25, -0.2) is 4.98 Å². The van der Waals surface area contributed by atoms with E-state index in [1.807, 2.05) is 24.4 Å². The van der Waals surface area contributed by atoms with Gasteiger partial charge in [0.25, 0.3) is 0 Å². The predicted molar refractivity (Wildman–Crippen MR) is 90.9 cm³/mol. The Bertz CT molecular complexity index is 704. The van der Waals surface area contributed by atoms with Gasteiger partial charge < -0.3 is 9.80 Å². The fraction of sp³-hybridized carbons (Fsp3) is 0.105. The molecule has 22 heavy (non-hydrogen) atoms. The molecule has 0 fully saturated rings. The van der Waals surface area contributed by atoms with E-state index >= 15 is 0 Å². The van der Waals surface area contributed by atoms with Gasteiger partial charge in [-0.3, -0.25) is 0 Å². The summed E-state index contributed by atoms with van der Waals surface area (Å²) in [6.07, 6.45) is 2.03. The highest BCUT2D eigenvalue weighted by Gasteiger charge is 2.35. The third-order valence-corrected chi connectivity index (χ3v) is 4.07. The monoisotopic (exact) mass is 287 g/mol. The highest BCUT2D eigenvalue weighted by molar-refractivity contribution is 5.85. The number of rotatable bonds is 2. The van der Waals surface area contributed by atoms with Crippen molar-refractivity contribution in [3.05, 3.63) is 79.0 Å². The molecule has 0 aliphatic carbocycles. The first-order chi connectivity index (χ1) is 10.9. The van der Waals surface area contributed by atoms with Crippen molar-refractivity contribution in [2.75, 3.05) is 9.80 Å². The lowest BCUT2D eigenvalue weighted by Crippen LogP contribution is -2.35. The van der Waals surface area contributed by atoms with Crippen LogP contribution in [0.2, 0.25) is 0 Å². The average molecular weight is 287 g/mol. The summed E-state index contributed by atoms with van der Waals surface area (Å²) in [4.78, 5) is 9.24. The van der Waals surface area contributed by atoms with E-state index in [1.165, 1.54) is 5.69 Å². The Kier molecular flexibility index (Phi) is 3.04. The molecule has 0 bridgehead atoms. The van der Waals surface area contributed by atoms with Crippen molar-refractivity contribution in [3.63, 3.8) is 0 Å². The molecule has 0 saturated heterocycles. The second-order valence-electron chi connectivity index (χ2n) is 5.39. The fourth-order valence-electron chi connectivity index (χ4n) is 3.13. The number of anilines is 4. The summed E-state index contributed by atoms with van der Waals surface area (Å²) < 4.78 is 0. The molecule has 0 unspecified atom stereocenters. The third kappa shape index (κ3) is 1.94. The number of hydrogen-bond donors (Lipinski definition) is 0. The van der Waals surface area contributed by atoms with Crippen molar-refractivity contribution in [2.24, 2.45) is 0 Å². The third-order valence-electron chi connectivity index (χ3n) is 4.07. The number of pyridine rings is 1. The molecule has 0 spiro atoms. The van der Waals surface area contributed by atoms with Gasteiger partial charge in [0.15, 0.2) is 5.82 Å². The summed E-state index contributed by atoms with van der Waals surface area (Å²) in [5.74, 6) is 1.00. The largest absolute Gasteiger partial charge is 0.317 e. The molecule has 1 aliphatic heterocycles. The average Bonchev–Trinajstić information content (AvgIpc) is 2.88. The molecular formula is C19H17N3. The minimum atomic E-state index is 0.176. The zero-order valence-electron chi connectivity index (χ0n) is 12.4. The zero-order chi connectivity index (χ0) is 14.9. The number of nitrogens with zero attached hydrogens (tertiary/aromatic N) is 3. The normalized spacial score (nSPS) is 16.7. The molecule has 1 aliphatic rings. The van der Waals surface area contributed by atoms with Crippen LogP contribution in [-0.4, -0.2) is 11.1 Å². The summed E-state index contributed by atoms with van der Waals surface area (Å²) in [7, 11) is 0. The first-order valence-corrected chi connectivity index (χ1v) is 7.50. The van der Waals surface area contributed by atoms with E-state index in [4.69, 9.17) is 0 Å². The van der Waals surface area contributed by atoms with E-state index in [9.17, 15) is 0 Å². The number of hydrogen-bond acceptors (Lipinski definition) is 3. The molecule has 2 aromatic carbocycles. The topological polar surface area (TPSA) is 19.4 Å². The van der Waals surface area contributed by atoms with E-state index in [1.54, 1.807) is 0 Å². The first-order valence-electron chi connectivity index (χ1n) is 7.50. The van der Waals surface area contributed by atoms with Gasteiger partial charge in [0.05, 0.1) is 5.69 Å². The van der Waals surface area contributed by atoms with Crippen LogP contribution in [0.1, 0.15) is 6.92 Å². The maximum atomic E-state index is 4.63. The Balaban J connectivity index is 1.87. The summed E-state index contributed by atoms with van der Waals surface area (Å²) in [6.45, 7) is 2.21. The van der Waals surface area contributed by atoms with Crippen LogP contribution in [0.15, 0.2) is 79.0 Å². The molecule has 3 aromatic rings. The summed E-state index contributed by atoms with van der Waals surface area (Å²) in [5.41, 5.74) is 3.49. The van der Waals surface area contributed by atoms with Crippen LogP contribution in [0.25, 0.3) is 0 Å². The Morgan fingerprint density at radius 1 is 0.727 bits per heavy atom. The van der Waals surface area contributed by atoms with Crippen LogP contribution in [0.3, 0.4) is 0 Å². The van der Waals surface area contributed by atoms with Crippen molar-refractivity contribution in [1.82, 2.24) is 4.98 Å². The van der Waals surface area contributed by atoms with Gasteiger partial charge in [-0.05, 0) is 43.3 Å². The van der Waals surface area contributed by atoms with Crippen molar-refractivity contribution in [1.29, 1.82) is 0 Å². The van der Waals surface area contributed by atoms with Gasteiger partial charge in [-0.1, -0.05) is 36.4 Å². The molecule has 1 atom stereocenters. The van der Waals surface area contributed by atoms with Crippen molar-refractivity contribution < 1.29 is 0 Å². The lowest BCUT2D eigenvalue weighted by Gasteiger charge is -2.29. The summed E-state index contributed by atoms with van der Waals surface area (Å²) in [6, 6.07) is 25.0. The van der Waals surface area contributed by atoms with Gasteiger partial charge in [0, 0.05) is 17.6 Å². The van der Waals surface area contributed by atoms with Crippen molar-refractivity contribution in [2.45, 2.75) is 13.1 Å². The van der Waals surface area contributed by atoms with Crippen LogP contribution in [-0.2, 0) is 0 Å². The van der Waals surface area contributed by atoms with Gasteiger partial charge in [-0.2, -0.15) is 0 Å². The van der Waals surface area contributed by atoms with E-state index < -0.39 is 0 Å². The zero-order valence-corrected chi connectivity index (χ0v) is 12.4. The van der Waals surface area contributed by atoms with Gasteiger partial charge in [0.2, 0.25) is 0 Å². The molecule has 1 aromatic heterocycles. The smallest absolute Gasteiger partial charge is 0.158 e. The molecule has 3 heteroatoms. The Hall–Kier alpha value is -2.81. The fourth-order valence-corrected chi connectivity index (χ4v) is 3.13. The first kappa shape index (κ1) is 12.9. The number of aromatic nitrogens is 1. The predicted octanol–water partition coefficient (Wildman–Crippen LogP) is 4.72. The van der Waals surface area contributed by atoms with Crippen molar-refractivity contribution in [3.8, 4) is 0 Å². The molecule has 0 radical (unpaired) electrons. The maximum Gasteiger partial charge on any atom is 0.158 e. The van der Waals surface area contributed by atoms with Crippen LogP contribution in [0.5, 0.6) is 0 Å². The second-order valence-corrected chi connectivity index (χ2v) is 5.39. The summed E-state index contributed by atoms with van der Waals surface area (Å²) >= 11 is 0. The van der Waals surface area contributed by atoms with Crippen LogP contribution >= 0.6 is 0 Å². The Morgan fingerprint density at radius 2 is 1.32 bits per heavy atom. The van der Waals surface area contributed by atoms with E-state index in [2.05, 4.69) is 76.3 Å². The minimum absolute atomic E-state index is 0.176. The number of benzene rings is 2. The molecule has 108 valence electrons. The van der Waals surface area contributed by atoms with E-state index in [-0.39, 0.29) is 6.17 Å². The number of para-hydroxylation sites is 2. The van der Waals surface area contributed by atoms with Gasteiger partial charge in [-0.15, -0.1) is 0 Å². The highest BCUT2D eigenvalue weighted by Crippen LogP contribution is 2.45. The molecule has 0 saturated carbocycles. The molecule has 3 nitrogen and oxygen atoms in total. The second kappa shape index (κ2) is 5.19. The van der Waals surface area contributed by atoms with E-state index in [0.717, 1.165) is 17.2 Å². The minimum Gasteiger partial charge on any atom is -0.317 e. The summed E-state index contributed by atoms with van der Waals surface area (Å²) in [5, 5.41) is 0. The lowest BCUT2D eigenvalue weighted by atomic mass is 10.2. The van der Waals surface area contributed by atoms with Crippen molar-refractivity contribution >= 4 is 22.9 Å². The Labute approximate surface area is 130 Å². The van der Waals surface area contributed by atoms with Gasteiger partial charge >= 0.3 is 0 Å². The number of fused-ring (bicyclic) bond motifs is 1. The molecule has 0 N–H and O–H groups in total. The van der Waals surface area contributed by atoms with Crippen LogP contribution in [0.4, 0.5) is 22.9 Å². The highest BCUT2D eigenvalue weighted by atomic mass is 15.4. The van der Waals surface area contributed by atoms with Gasteiger partial charge in [0.1, 0.15) is 6.17 Å². The lowest BCUT2D eigenvalue weighted by molar-refractivity contribution is 0.757. The molecule has 2 heterocycles. The standard InChI is InChI=1S/C19H17N3/c1-15-21(16-9-4-2-5-10-16)18-13-8-14-20-19(18)22(15)17-11-6-3-7-12-17/h2-15H,1H3/t15-/m1/s1. The van der Waals surface area contributed by atoms with Crippen LogP contribution in [0, 0.1) is 0 Å². The van der Waals surface area contributed by atoms with Crippen LogP contribution < -0.4 is 9.80 Å². The molecule has 4 rings (SSSR count). The molecular weight excluding hydrogens is 270 g/mol. The quantitative estimate of drug-likeness (QED) is 0.680. The Morgan fingerprint density at radius 3 is 1.95 bits per heavy atom. The van der Waals surface area contributed by atoms with E-state index in [0.29, 0.717) is 0 Å². The SMILES string of the molecule is C[C@@H]1N(c2ccccc2)c2cccnc2N1c1ccccc1. The maximum absolute atomic E-state index is 4.63.